The summed E-state index contributed by atoms with van der Waals surface area (Å²) in [5.41, 5.74) is 5.96. The molecule has 1 heterocycles. The summed E-state index contributed by atoms with van der Waals surface area (Å²) in [6, 6.07) is 0. The first kappa shape index (κ1) is 9.90. The molecule has 0 aromatic rings. The van der Waals surface area contributed by atoms with E-state index in [-0.39, 0.29) is 11.8 Å². The van der Waals surface area contributed by atoms with Gasteiger partial charge in [0.2, 0.25) is 5.91 Å². The second kappa shape index (κ2) is 3.19. The molecule has 0 radical (unpaired) electrons. The molecule has 1 unspecified atom stereocenters. The maximum absolute atomic E-state index is 11.9. The highest BCUT2D eigenvalue weighted by molar-refractivity contribution is 7.80. The molecule has 2 N–H and O–H groups in total. The Balaban J connectivity index is 1.96. The van der Waals surface area contributed by atoms with Crippen LogP contribution in [0.4, 0.5) is 0 Å². The van der Waals surface area contributed by atoms with Crippen molar-refractivity contribution in [3.8, 4) is 0 Å². The topological polar surface area (TPSA) is 46.3 Å². The summed E-state index contributed by atoms with van der Waals surface area (Å²) in [5.74, 6) is -0.180. The van der Waals surface area contributed by atoms with E-state index in [0.717, 1.165) is 13.1 Å². The van der Waals surface area contributed by atoms with Gasteiger partial charge in [0.15, 0.2) is 0 Å². The van der Waals surface area contributed by atoms with Crippen molar-refractivity contribution >= 4 is 23.1 Å². The average Bonchev–Trinajstić information content (AvgIpc) is 2.74. The van der Waals surface area contributed by atoms with Crippen molar-refractivity contribution in [1.82, 2.24) is 4.90 Å². The van der Waals surface area contributed by atoms with Gasteiger partial charge in [0.25, 0.3) is 0 Å². The van der Waals surface area contributed by atoms with E-state index in [1.54, 1.807) is 6.92 Å². The normalized spacial score (nSPS) is 25.1. The van der Waals surface area contributed by atoms with E-state index < -0.39 is 0 Å². The van der Waals surface area contributed by atoms with Gasteiger partial charge >= 0.3 is 0 Å². The highest BCUT2D eigenvalue weighted by Crippen LogP contribution is 2.52. The molecule has 1 aliphatic heterocycles. The summed E-state index contributed by atoms with van der Waals surface area (Å²) in [5, 5.41) is 0. The minimum absolute atomic E-state index is 0.112. The van der Waals surface area contributed by atoms with Crippen LogP contribution in [0.25, 0.3) is 0 Å². The standard InChI is InChI=1S/C10H16N2OS/c1-7(8(11)14)9(13)12-5-4-10(6-12)2-3-10/h7H,2-6H2,1H3,(H2,11,14). The molecule has 4 heteroatoms. The van der Waals surface area contributed by atoms with Crippen LogP contribution in [0.1, 0.15) is 26.2 Å². The zero-order valence-corrected chi connectivity index (χ0v) is 9.27. The molecule has 1 amide bonds. The Bertz CT molecular complexity index is 286. The number of amides is 1. The molecule has 0 aromatic heterocycles. The lowest BCUT2D eigenvalue weighted by atomic mass is 10.1. The number of thiocarbonyl (C=S) groups is 1. The molecule has 2 aliphatic rings. The lowest BCUT2D eigenvalue weighted by Gasteiger charge is -2.20. The Morgan fingerprint density at radius 3 is 2.57 bits per heavy atom. The summed E-state index contributed by atoms with van der Waals surface area (Å²) in [4.78, 5) is 14.1. The number of carbonyl (C=O) groups excluding carboxylic acids is 1. The second-order valence-electron chi connectivity index (χ2n) is 4.63. The first-order valence-corrected chi connectivity index (χ1v) is 5.53. The Labute approximate surface area is 89.6 Å². The lowest BCUT2D eigenvalue weighted by molar-refractivity contribution is -0.132. The van der Waals surface area contributed by atoms with Gasteiger partial charge in [-0.25, -0.2) is 0 Å². The number of hydrogen-bond donors (Lipinski definition) is 1. The molecular formula is C10H16N2OS. The maximum atomic E-state index is 11.9. The maximum Gasteiger partial charge on any atom is 0.232 e. The zero-order chi connectivity index (χ0) is 10.3. The van der Waals surface area contributed by atoms with Crippen molar-refractivity contribution < 1.29 is 4.79 Å². The van der Waals surface area contributed by atoms with Crippen molar-refractivity contribution in [3.63, 3.8) is 0 Å². The third-order valence-corrected chi connectivity index (χ3v) is 3.86. The van der Waals surface area contributed by atoms with Crippen LogP contribution in [0.3, 0.4) is 0 Å². The summed E-state index contributed by atoms with van der Waals surface area (Å²) in [7, 11) is 0. The fourth-order valence-corrected chi connectivity index (χ4v) is 2.20. The van der Waals surface area contributed by atoms with E-state index >= 15 is 0 Å². The van der Waals surface area contributed by atoms with Crippen LogP contribution < -0.4 is 5.73 Å². The van der Waals surface area contributed by atoms with E-state index in [1.807, 2.05) is 4.90 Å². The zero-order valence-electron chi connectivity index (χ0n) is 8.45. The van der Waals surface area contributed by atoms with E-state index in [4.69, 9.17) is 18.0 Å². The number of nitrogens with two attached hydrogens (primary N) is 1. The quantitative estimate of drug-likeness (QED) is 0.692. The summed E-state index contributed by atoms with van der Waals surface area (Å²) >= 11 is 4.83. The molecule has 3 nitrogen and oxygen atoms in total. The molecule has 1 spiro atoms. The highest BCUT2D eigenvalue weighted by Gasteiger charge is 2.49. The first-order chi connectivity index (χ1) is 6.54. The van der Waals surface area contributed by atoms with Gasteiger partial charge < -0.3 is 10.6 Å². The van der Waals surface area contributed by atoms with E-state index in [2.05, 4.69) is 0 Å². The van der Waals surface area contributed by atoms with Crippen molar-refractivity contribution in [2.24, 2.45) is 17.1 Å². The monoisotopic (exact) mass is 212 g/mol. The molecule has 1 atom stereocenters. The molecule has 1 saturated carbocycles. The number of nitrogens with zero attached hydrogens (tertiary/aromatic N) is 1. The Kier molecular flexibility index (Phi) is 2.26. The van der Waals surface area contributed by atoms with Gasteiger partial charge in [-0.2, -0.15) is 0 Å². The molecule has 78 valence electrons. The number of likely N-dealkylation sites (tertiary alicyclic amines) is 1. The highest BCUT2D eigenvalue weighted by atomic mass is 32.1. The predicted molar refractivity (Wildman–Crippen MR) is 58.8 cm³/mol. The molecule has 2 fully saturated rings. The summed E-state index contributed by atoms with van der Waals surface area (Å²) < 4.78 is 0. The Morgan fingerprint density at radius 1 is 1.50 bits per heavy atom. The van der Waals surface area contributed by atoms with Crippen LogP contribution in [-0.2, 0) is 4.79 Å². The van der Waals surface area contributed by atoms with Gasteiger partial charge in [-0.1, -0.05) is 12.2 Å². The molecule has 2 rings (SSSR count). The molecule has 0 aromatic carbocycles. The van der Waals surface area contributed by atoms with Crippen molar-refractivity contribution in [2.75, 3.05) is 13.1 Å². The molecule has 1 saturated heterocycles. The van der Waals surface area contributed by atoms with Gasteiger partial charge in [0, 0.05) is 13.1 Å². The third-order valence-electron chi connectivity index (χ3n) is 3.50. The van der Waals surface area contributed by atoms with Gasteiger partial charge in [-0.3, -0.25) is 4.79 Å². The SMILES string of the molecule is CC(C(=O)N1CCC2(CC2)C1)C(N)=S. The number of rotatable bonds is 2. The second-order valence-corrected chi connectivity index (χ2v) is 5.11. The minimum atomic E-state index is -0.293. The number of hydrogen-bond acceptors (Lipinski definition) is 2. The van der Waals surface area contributed by atoms with Crippen molar-refractivity contribution in [1.29, 1.82) is 0 Å². The average molecular weight is 212 g/mol. The van der Waals surface area contributed by atoms with E-state index in [1.165, 1.54) is 19.3 Å². The van der Waals surface area contributed by atoms with Gasteiger partial charge in [-0.05, 0) is 31.6 Å². The fraction of sp³-hybridized carbons (Fsp3) is 0.800. The van der Waals surface area contributed by atoms with E-state index in [0.29, 0.717) is 10.4 Å². The van der Waals surface area contributed by atoms with Gasteiger partial charge in [0.05, 0.1) is 10.9 Å². The molecule has 14 heavy (non-hydrogen) atoms. The largest absolute Gasteiger partial charge is 0.393 e. The summed E-state index contributed by atoms with van der Waals surface area (Å²) in [6.07, 6.45) is 3.75. The predicted octanol–water partition coefficient (Wildman–Crippen LogP) is 0.921. The lowest BCUT2D eigenvalue weighted by Crippen LogP contribution is -2.38. The number of carbonyl (C=O) groups is 1. The third kappa shape index (κ3) is 1.63. The van der Waals surface area contributed by atoms with Crippen molar-refractivity contribution in [3.05, 3.63) is 0 Å². The van der Waals surface area contributed by atoms with Gasteiger partial charge in [0.1, 0.15) is 0 Å². The van der Waals surface area contributed by atoms with Crippen LogP contribution >= 0.6 is 12.2 Å². The van der Waals surface area contributed by atoms with Crippen LogP contribution in [0.15, 0.2) is 0 Å². The Morgan fingerprint density at radius 2 is 2.14 bits per heavy atom. The molecule has 0 bridgehead atoms. The summed E-state index contributed by atoms with van der Waals surface area (Å²) in [6.45, 7) is 3.62. The van der Waals surface area contributed by atoms with Gasteiger partial charge in [-0.15, -0.1) is 0 Å². The first-order valence-electron chi connectivity index (χ1n) is 5.12. The van der Waals surface area contributed by atoms with Crippen LogP contribution in [0, 0.1) is 11.3 Å². The van der Waals surface area contributed by atoms with Crippen LogP contribution in [0.2, 0.25) is 0 Å². The molecular weight excluding hydrogens is 196 g/mol. The Hall–Kier alpha value is -0.640. The fourth-order valence-electron chi connectivity index (χ4n) is 2.10. The van der Waals surface area contributed by atoms with Crippen molar-refractivity contribution in [2.45, 2.75) is 26.2 Å². The van der Waals surface area contributed by atoms with E-state index in [9.17, 15) is 4.79 Å². The minimum Gasteiger partial charge on any atom is -0.393 e. The smallest absolute Gasteiger partial charge is 0.232 e. The molecule has 1 aliphatic carbocycles. The van der Waals surface area contributed by atoms with Crippen LogP contribution in [0.5, 0.6) is 0 Å². The van der Waals surface area contributed by atoms with Crippen LogP contribution in [-0.4, -0.2) is 28.9 Å².